The van der Waals surface area contributed by atoms with Crippen molar-refractivity contribution in [1.82, 2.24) is 0 Å². The highest BCUT2D eigenvalue weighted by atomic mass is 16.6. The maximum absolute atomic E-state index is 12.7. The minimum absolute atomic E-state index is 0.0789. The van der Waals surface area contributed by atoms with E-state index in [1.165, 1.54) is 122 Å². The minimum atomic E-state index is -0.777. The van der Waals surface area contributed by atoms with E-state index in [0.717, 1.165) is 96.3 Å². The molecule has 0 aromatic rings. The first kappa shape index (κ1) is 57.4. The van der Waals surface area contributed by atoms with Crippen molar-refractivity contribution in [3.8, 4) is 0 Å². The van der Waals surface area contributed by atoms with E-state index < -0.39 is 6.10 Å². The molecule has 60 heavy (non-hydrogen) atoms. The molecule has 348 valence electrons. The summed E-state index contributed by atoms with van der Waals surface area (Å²) in [5.74, 6) is -0.897. The molecule has 0 aliphatic rings. The Balaban J connectivity index is 4.25. The first-order valence-corrected chi connectivity index (χ1v) is 25.6. The highest BCUT2D eigenvalue weighted by Gasteiger charge is 2.19. The van der Waals surface area contributed by atoms with Gasteiger partial charge in [0.2, 0.25) is 0 Å². The second-order valence-corrected chi connectivity index (χ2v) is 17.1. The summed E-state index contributed by atoms with van der Waals surface area (Å²) in [6.07, 6.45) is 58.2. The lowest BCUT2D eigenvalue weighted by Crippen LogP contribution is -2.30. The maximum atomic E-state index is 12.7. The zero-order valence-corrected chi connectivity index (χ0v) is 39.7. The van der Waals surface area contributed by atoms with Gasteiger partial charge in [0.15, 0.2) is 6.10 Å². The normalized spacial score (nSPS) is 12.4. The molecule has 0 aliphatic heterocycles. The molecule has 0 fully saturated rings. The van der Waals surface area contributed by atoms with Crippen molar-refractivity contribution < 1.29 is 28.6 Å². The molecule has 0 bridgehead atoms. The second-order valence-electron chi connectivity index (χ2n) is 17.1. The van der Waals surface area contributed by atoms with E-state index in [1.807, 2.05) is 0 Å². The van der Waals surface area contributed by atoms with Crippen molar-refractivity contribution in [3.05, 3.63) is 48.6 Å². The summed E-state index contributed by atoms with van der Waals surface area (Å²) in [6.45, 7) is 6.53. The number of hydrogen-bond donors (Lipinski definition) is 0. The van der Waals surface area contributed by atoms with Crippen LogP contribution in [0.2, 0.25) is 0 Å². The van der Waals surface area contributed by atoms with Gasteiger partial charge in [0.1, 0.15) is 13.2 Å². The average molecular weight is 841 g/mol. The van der Waals surface area contributed by atoms with E-state index >= 15 is 0 Å². The van der Waals surface area contributed by atoms with Crippen molar-refractivity contribution in [1.29, 1.82) is 0 Å². The van der Waals surface area contributed by atoms with Crippen molar-refractivity contribution in [2.45, 2.75) is 264 Å². The maximum Gasteiger partial charge on any atom is 0.306 e. The molecule has 6 heteroatoms. The number of allylic oxidation sites excluding steroid dienone is 8. The molecule has 0 aromatic heterocycles. The molecule has 0 aromatic carbocycles. The SMILES string of the molecule is CCC/C=C\C/C=C\CCCCCCCC(=O)OC(COC(=O)CCCCCCCCCC)COC(=O)CCCCCCCCCCC/C=C\C/C=C\CCCCCCC. The van der Waals surface area contributed by atoms with Gasteiger partial charge in [0, 0.05) is 19.3 Å². The van der Waals surface area contributed by atoms with Gasteiger partial charge in [-0.3, -0.25) is 14.4 Å². The van der Waals surface area contributed by atoms with Crippen LogP contribution in [0.5, 0.6) is 0 Å². The topological polar surface area (TPSA) is 78.9 Å². The van der Waals surface area contributed by atoms with Crippen LogP contribution in [0, 0.1) is 0 Å². The third-order valence-electron chi connectivity index (χ3n) is 11.0. The fraction of sp³-hybridized carbons (Fsp3) is 0.796. The van der Waals surface area contributed by atoms with E-state index in [0.29, 0.717) is 19.3 Å². The van der Waals surface area contributed by atoms with Crippen LogP contribution in [-0.2, 0) is 28.6 Å². The van der Waals surface area contributed by atoms with Crippen LogP contribution >= 0.6 is 0 Å². The quantitative estimate of drug-likeness (QED) is 0.0263. The molecule has 1 atom stereocenters. The molecule has 0 saturated heterocycles. The lowest BCUT2D eigenvalue weighted by Gasteiger charge is -2.18. The Labute approximate surface area is 371 Å². The summed E-state index contributed by atoms with van der Waals surface area (Å²) < 4.78 is 16.7. The minimum Gasteiger partial charge on any atom is -0.462 e. The Morgan fingerprint density at radius 3 is 0.983 bits per heavy atom. The zero-order valence-electron chi connectivity index (χ0n) is 39.7. The lowest BCUT2D eigenvalue weighted by molar-refractivity contribution is -0.167. The second kappa shape index (κ2) is 49.0. The summed E-state index contributed by atoms with van der Waals surface area (Å²) in [4.78, 5) is 37.8. The van der Waals surface area contributed by atoms with Crippen LogP contribution in [0.3, 0.4) is 0 Å². The predicted octanol–water partition coefficient (Wildman–Crippen LogP) is 16.7. The molecule has 6 nitrogen and oxygen atoms in total. The monoisotopic (exact) mass is 841 g/mol. The van der Waals surface area contributed by atoms with Crippen molar-refractivity contribution in [2.24, 2.45) is 0 Å². The van der Waals surface area contributed by atoms with Crippen LogP contribution < -0.4 is 0 Å². The van der Waals surface area contributed by atoms with Crippen molar-refractivity contribution >= 4 is 17.9 Å². The fourth-order valence-corrected chi connectivity index (χ4v) is 7.16. The molecule has 0 aliphatic carbocycles. The Morgan fingerprint density at radius 1 is 0.333 bits per heavy atom. The van der Waals surface area contributed by atoms with Crippen molar-refractivity contribution in [3.63, 3.8) is 0 Å². The number of carbonyl (C=O) groups excluding carboxylic acids is 3. The third kappa shape index (κ3) is 46.4. The third-order valence-corrected chi connectivity index (χ3v) is 11.0. The molecular formula is C54H96O6. The molecular weight excluding hydrogens is 745 g/mol. The van der Waals surface area contributed by atoms with Gasteiger partial charge >= 0.3 is 17.9 Å². The van der Waals surface area contributed by atoms with Gasteiger partial charge in [-0.25, -0.2) is 0 Å². The molecule has 0 heterocycles. The highest BCUT2D eigenvalue weighted by Crippen LogP contribution is 2.15. The Morgan fingerprint density at radius 2 is 0.633 bits per heavy atom. The lowest BCUT2D eigenvalue weighted by atomic mass is 10.1. The van der Waals surface area contributed by atoms with Gasteiger partial charge < -0.3 is 14.2 Å². The summed E-state index contributed by atoms with van der Waals surface area (Å²) in [7, 11) is 0. The van der Waals surface area contributed by atoms with Gasteiger partial charge in [0.05, 0.1) is 0 Å². The highest BCUT2D eigenvalue weighted by molar-refractivity contribution is 5.71. The summed E-state index contributed by atoms with van der Waals surface area (Å²) in [5, 5.41) is 0. The summed E-state index contributed by atoms with van der Waals surface area (Å²) in [5.41, 5.74) is 0. The summed E-state index contributed by atoms with van der Waals surface area (Å²) in [6, 6.07) is 0. The van der Waals surface area contributed by atoms with Gasteiger partial charge in [-0.05, 0) is 77.0 Å². The zero-order chi connectivity index (χ0) is 43.7. The van der Waals surface area contributed by atoms with Crippen LogP contribution in [-0.4, -0.2) is 37.2 Å². The molecule has 0 radical (unpaired) electrons. The van der Waals surface area contributed by atoms with E-state index in [1.54, 1.807) is 0 Å². The number of unbranched alkanes of at least 4 members (excludes halogenated alkanes) is 27. The molecule has 0 spiro atoms. The molecule has 1 unspecified atom stereocenters. The predicted molar refractivity (Wildman–Crippen MR) is 256 cm³/mol. The van der Waals surface area contributed by atoms with Crippen molar-refractivity contribution in [2.75, 3.05) is 13.2 Å². The molecule has 0 N–H and O–H groups in total. The average Bonchev–Trinajstić information content (AvgIpc) is 3.24. The first-order chi connectivity index (χ1) is 29.5. The first-order valence-electron chi connectivity index (χ1n) is 25.6. The molecule has 0 amide bonds. The summed E-state index contributed by atoms with van der Waals surface area (Å²) >= 11 is 0. The van der Waals surface area contributed by atoms with Crippen LogP contribution in [0.4, 0.5) is 0 Å². The number of ether oxygens (including phenoxy) is 3. The smallest absolute Gasteiger partial charge is 0.306 e. The van der Waals surface area contributed by atoms with Gasteiger partial charge in [-0.15, -0.1) is 0 Å². The Hall–Kier alpha value is -2.63. The van der Waals surface area contributed by atoms with Gasteiger partial charge in [0.25, 0.3) is 0 Å². The van der Waals surface area contributed by atoms with Gasteiger partial charge in [-0.1, -0.05) is 211 Å². The fourth-order valence-electron chi connectivity index (χ4n) is 7.16. The number of esters is 3. The molecule has 0 saturated carbocycles. The molecule has 0 rings (SSSR count). The number of hydrogen-bond acceptors (Lipinski definition) is 6. The van der Waals surface area contributed by atoms with Crippen LogP contribution in [0.1, 0.15) is 258 Å². The standard InChI is InChI=1S/C54H96O6/c1-4-7-10-13-16-19-21-23-24-25-26-27-28-29-30-32-33-35-38-41-44-47-53(56)59-50-51(49-58-52(55)46-43-40-37-18-15-12-9-6-3)60-54(57)48-45-42-39-36-34-31-22-20-17-14-11-8-5-2/h11,14,20-23,25-26,51H,4-10,12-13,15-19,24,27-50H2,1-3H3/b14-11-,22-20-,23-21-,26-25-. The van der Waals surface area contributed by atoms with Crippen LogP contribution in [0.25, 0.3) is 0 Å². The number of rotatable bonds is 46. The van der Waals surface area contributed by atoms with Gasteiger partial charge in [-0.2, -0.15) is 0 Å². The Kier molecular flexibility index (Phi) is 46.9. The number of carbonyl (C=O) groups is 3. The largest absolute Gasteiger partial charge is 0.462 e. The van der Waals surface area contributed by atoms with E-state index in [4.69, 9.17) is 14.2 Å². The Bertz CT molecular complexity index is 1060. The van der Waals surface area contributed by atoms with E-state index in [2.05, 4.69) is 69.4 Å². The van der Waals surface area contributed by atoms with E-state index in [-0.39, 0.29) is 31.1 Å². The van der Waals surface area contributed by atoms with Crippen LogP contribution in [0.15, 0.2) is 48.6 Å². The van der Waals surface area contributed by atoms with E-state index in [9.17, 15) is 14.4 Å².